The minimum atomic E-state index is 0.474. The molecule has 2 rings (SSSR count). The molecule has 3 nitrogen and oxygen atoms in total. The molecule has 4 heteroatoms. The predicted octanol–water partition coefficient (Wildman–Crippen LogP) is 1.92. The number of nitrogens with zero attached hydrogens (tertiary/aromatic N) is 2. The first-order valence-corrected chi connectivity index (χ1v) is 4.85. The first-order chi connectivity index (χ1) is 5.79. The van der Waals surface area contributed by atoms with Gasteiger partial charge in [-0.1, -0.05) is 0 Å². The van der Waals surface area contributed by atoms with Gasteiger partial charge < -0.3 is 9.30 Å². The van der Waals surface area contributed by atoms with E-state index in [4.69, 9.17) is 4.74 Å². The molecule has 1 aromatic rings. The second-order valence-corrected chi connectivity index (χ2v) is 3.83. The third-order valence-electron chi connectivity index (χ3n) is 2.21. The van der Waals surface area contributed by atoms with Crippen molar-refractivity contribution in [2.75, 3.05) is 13.2 Å². The summed E-state index contributed by atoms with van der Waals surface area (Å²) in [5.41, 5.74) is 0. The summed E-state index contributed by atoms with van der Waals surface area (Å²) in [4.78, 5) is 4.22. The zero-order valence-corrected chi connectivity index (χ0v) is 8.54. The van der Waals surface area contributed by atoms with Crippen LogP contribution in [0.25, 0.3) is 0 Å². The molecule has 1 aliphatic heterocycles. The molecule has 0 spiro atoms. The van der Waals surface area contributed by atoms with Crippen LogP contribution in [0.5, 0.6) is 0 Å². The van der Waals surface area contributed by atoms with E-state index < -0.39 is 0 Å². The van der Waals surface area contributed by atoms with Crippen molar-refractivity contribution in [3.8, 4) is 0 Å². The summed E-state index contributed by atoms with van der Waals surface area (Å²) < 4.78 is 8.56. The maximum absolute atomic E-state index is 5.32. The van der Waals surface area contributed by atoms with E-state index in [1.165, 1.54) is 0 Å². The largest absolute Gasteiger partial charge is 0.379 e. The van der Waals surface area contributed by atoms with Gasteiger partial charge in [0.25, 0.3) is 0 Å². The second kappa shape index (κ2) is 3.18. The Hall–Kier alpha value is -0.350. The molecule has 1 saturated heterocycles. The molecule has 0 bridgehead atoms. The fraction of sp³-hybridized carbons (Fsp3) is 0.625. The molecule has 0 radical (unpaired) electrons. The van der Waals surface area contributed by atoms with E-state index in [-0.39, 0.29) is 0 Å². The molecule has 2 heterocycles. The zero-order chi connectivity index (χ0) is 8.55. The number of hydrogen-bond donors (Lipinski definition) is 0. The number of aromatic nitrogens is 2. The fourth-order valence-electron chi connectivity index (χ4n) is 1.59. The third-order valence-corrected chi connectivity index (χ3v) is 2.79. The molecule has 12 heavy (non-hydrogen) atoms. The Kier molecular flexibility index (Phi) is 2.19. The Bertz CT molecular complexity index is 259. The zero-order valence-electron chi connectivity index (χ0n) is 6.96. The SMILES string of the molecule is Cc1ncc(Br)n1C1CCOC1. The van der Waals surface area contributed by atoms with Gasteiger partial charge in [-0.3, -0.25) is 0 Å². The van der Waals surface area contributed by atoms with Gasteiger partial charge in [0.15, 0.2) is 0 Å². The molecule has 66 valence electrons. The molecule has 1 atom stereocenters. The summed E-state index contributed by atoms with van der Waals surface area (Å²) in [5.74, 6) is 1.05. The van der Waals surface area contributed by atoms with Crippen molar-refractivity contribution in [2.45, 2.75) is 19.4 Å². The van der Waals surface area contributed by atoms with Gasteiger partial charge in [0.05, 0.1) is 18.8 Å². The number of imidazole rings is 1. The molecule has 0 aliphatic carbocycles. The van der Waals surface area contributed by atoms with Crippen molar-refractivity contribution in [1.29, 1.82) is 0 Å². The molecular formula is C8H11BrN2O. The molecule has 1 aliphatic rings. The van der Waals surface area contributed by atoms with Crippen LogP contribution in [0.1, 0.15) is 18.3 Å². The maximum atomic E-state index is 5.32. The van der Waals surface area contributed by atoms with Gasteiger partial charge in [-0.05, 0) is 29.3 Å². The predicted molar refractivity (Wildman–Crippen MR) is 49.1 cm³/mol. The van der Waals surface area contributed by atoms with Crippen molar-refractivity contribution in [2.24, 2.45) is 0 Å². The number of hydrogen-bond acceptors (Lipinski definition) is 2. The van der Waals surface area contributed by atoms with Crippen LogP contribution in [0.2, 0.25) is 0 Å². The Balaban J connectivity index is 2.30. The Morgan fingerprint density at radius 1 is 1.75 bits per heavy atom. The van der Waals surface area contributed by atoms with Crippen molar-refractivity contribution >= 4 is 15.9 Å². The molecule has 1 unspecified atom stereocenters. The average molecular weight is 231 g/mol. The molecule has 1 fully saturated rings. The third kappa shape index (κ3) is 1.29. The van der Waals surface area contributed by atoms with Crippen LogP contribution in [0.15, 0.2) is 10.8 Å². The highest BCUT2D eigenvalue weighted by molar-refractivity contribution is 9.10. The average Bonchev–Trinajstić information content (AvgIpc) is 2.61. The van der Waals surface area contributed by atoms with Gasteiger partial charge in [0.2, 0.25) is 0 Å². The smallest absolute Gasteiger partial charge is 0.106 e. The van der Waals surface area contributed by atoms with E-state index in [2.05, 4.69) is 25.5 Å². The quantitative estimate of drug-likeness (QED) is 0.738. The van der Waals surface area contributed by atoms with Crippen LogP contribution in [-0.2, 0) is 4.74 Å². The first-order valence-electron chi connectivity index (χ1n) is 4.06. The molecule has 0 aromatic carbocycles. The van der Waals surface area contributed by atoms with Gasteiger partial charge in [-0.15, -0.1) is 0 Å². The molecule has 0 amide bonds. The van der Waals surface area contributed by atoms with Crippen LogP contribution < -0.4 is 0 Å². The number of aryl methyl sites for hydroxylation is 1. The standard InChI is InChI=1S/C8H11BrN2O/c1-6-10-4-8(9)11(6)7-2-3-12-5-7/h4,7H,2-3,5H2,1H3. The van der Waals surface area contributed by atoms with E-state index in [0.29, 0.717) is 6.04 Å². The van der Waals surface area contributed by atoms with E-state index in [1.54, 1.807) is 0 Å². The summed E-state index contributed by atoms with van der Waals surface area (Å²) in [6, 6.07) is 0.474. The lowest BCUT2D eigenvalue weighted by Gasteiger charge is -2.12. The summed E-state index contributed by atoms with van der Waals surface area (Å²) in [6.07, 6.45) is 2.93. The summed E-state index contributed by atoms with van der Waals surface area (Å²) in [7, 11) is 0. The molecule has 0 saturated carbocycles. The second-order valence-electron chi connectivity index (χ2n) is 3.02. The van der Waals surface area contributed by atoms with Gasteiger partial charge in [0.1, 0.15) is 10.4 Å². The van der Waals surface area contributed by atoms with Gasteiger partial charge in [0, 0.05) is 6.61 Å². The highest BCUT2D eigenvalue weighted by atomic mass is 79.9. The van der Waals surface area contributed by atoms with Crippen molar-refractivity contribution in [3.63, 3.8) is 0 Å². The van der Waals surface area contributed by atoms with Crippen LogP contribution >= 0.6 is 15.9 Å². The molecule has 1 aromatic heterocycles. The van der Waals surface area contributed by atoms with Crippen LogP contribution in [-0.4, -0.2) is 22.8 Å². The monoisotopic (exact) mass is 230 g/mol. The Morgan fingerprint density at radius 2 is 2.58 bits per heavy atom. The fourth-order valence-corrected chi connectivity index (χ4v) is 2.24. The van der Waals surface area contributed by atoms with Crippen LogP contribution in [0, 0.1) is 6.92 Å². The van der Waals surface area contributed by atoms with Crippen molar-refractivity contribution in [3.05, 3.63) is 16.6 Å². The van der Waals surface area contributed by atoms with E-state index in [0.717, 1.165) is 30.1 Å². The highest BCUT2D eigenvalue weighted by Gasteiger charge is 2.20. The Morgan fingerprint density at radius 3 is 3.08 bits per heavy atom. The number of halogens is 1. The summed E-state index contributed by atoms with van der Waals surface area (Å²) in [5, 5.41) is 0. The molecule has 0 N–H and O–H groups in total. The van der Waals surface area contributed by atoms with Crippen molar-refractivity contribution < 1.29 is 4.74 Å². The van der Waals surface area contributed by atoms with Gasteiger partial charge in [-0.2, -0.15) is 0 Å². The number of ether oxygens (including phenoxy) is 1. The lowest BCUT2D eigenvalue weighted by molar-refractivity contribution is 0.186. The van der Waals surface area contributed by atoms with Gasteiger partial charge in [-0.25, -0.2) is 4.98 Å². The van der Waals surface area contributed by atoms with Crippen molar-refractivity contribution in [1.82, 2.24) is 9.55 Å². The first kappa shape index (κ1) is 8.26. The Labute approximate surface area is 79.9 Å². The lowest BCUT2D eigenvalue weighted by Crippen LogP contribution is -2.10. The summed E-state index contributed by atoms with van der Waals surface area (Å²) in [6.45, 7) is 3.70. The van der Waals surface area contributed by atoms with Gasteiger partial charge >= 0.3 is 0 Å². The van der Waals surface area contributed by atoms with E-state index in [9.17, 15) is 0 Å². The summed E-state index contributed by atoms with van der Waals surface area (Å²) >= 11 is 3.47. The minimum Gasteiger partial charge on any atom is -0.379 e. The lowest BCUT2D eigenvalue weighted by atomic mass is 10.2. The molecular weight excluding hydrogens is 220 g/mol. The van der Waals surface area contributed by atoms with Crippen LogP contribution in [0.3, 0.4) is 0 Å². The van der Waals surface area contributed by atoms with Crippen LogP contribution in [0.4, 0.5) is 0 Å². The maximum Gasteiger partial charge on any atom is 0.106 e. The van der Waals surface area contributed by atoms with E-state index in [1.807, 2.05) is 13.1 Å². The topological polar surface area (TPSA) is 27.1 Å². The highest BCUT2D eigenvalue weighted by Crippen LogP contribution is 2.25. The van der Waals surface area contributed by atoms with E-state index >= 15 is 0 Å². The minimum absolute atomic E-state index is 0.474. The normalized spacial score (nSPS) is 23.3. The number of rotatable bonds is 1.